The first-order valence-corrected chi connectivity index (χ1v) is 23.6. The first-order valence-electron chi connectivity index (χ1n) is 17.2. The Balaban J connectivity index is 0.976. The van der Waals surface area contributed by atoms with Crippen molar-refractivity contribution in [1.29, 1.82) is 0 Å². The van der Waals surface area contributed by atoms with Gasteiger partial charge in [0.25, 0.3) is 0 Å². The van der Waals surface area contributed by atoms with Crippen LogP contribution in [0.3, 0.4) is 0 Å². The number of nitrogens with zero attached hydrogens (tertiary/aromatic N) is 7. The zero-order valence-electron chi connectivity index (χ0n) is 29.4. The molecule has 1 aliphatic rings. The number of aromatic nitrogens is 6. The minimum atomic E-state index is -0.00899. The molecule has 0 saturated heterocycles. The molecule has 0 bridgehead atoms. The van der Waals surface area contributed by atoms with Crippen LogP contribution in [-0.2, 0) is 6.54 Å². The molecule has 2 N–H and O–H groups in total. The largest absolute Gasteiger partial charge is 0.380 e. The van der Waals surface area contributed by atoms with E-state index in [2.05, 4.69) is 90.6 Å². The third-order valence-electron chi connectivity index (χ3n) is 9.64. The monoisotopic (exact) mass is 855 g/mol. The highest BCUT2D eigenvalue weighted by atomic mass is 32.1. The number of fused-ring (bicyclic) bond motifs is 7. The lowest BCUT2D eigenvalue weighted by atomic mass is 10.0. The van der Waals surface area contributed by atoms with Crippen molar-refractivity contribution in [2.45, 2.75) is 26.4 Å². The maximum Gasteiger partial charge on any atom is 0.132 e. The molecule has 1 atom stereocenters. The van der Waals surface area contributed by atoms with Crippen LogP contribution in [0.1, 0.15) is 41.0 Å². The zero-order valence-corrected chi connectivity index (χ0v) is 35.9. The molecule has 1 aliphatic heterocycles. The van der Waals surface area contributed by atoms with Crippen LogP contribution in [0.15, 0.2) is 48.8 Å². The van der Waals surface area contributed by atoms with E-state index in [1.165, 1.54) is 82.4 Å². The van der Waals surface area contributed by atoms with Crippen LogP contribution in [0.25, 0.3) is 76.9 Å². The van der Waals surface area contributed by atoms with Gasteiger partial charge in [0.1, 0.15) is 34.2 Å². The van der Waals surface area contributed by atoms with Gasteiger partial charge in [0, 0.05) is 84.7 Å². The number of rotatable bonds is 8. The number of anilines is 2. The molecular formula is C37H29N9S8. The summed E-state index contributed by atoms with van der Waals surface area (Å²) < 4.78 is 29.6. The molecule has 0 amide bonds. The van der Waals surface area contributed by atoms with Crippen LogP contribution in [-0.4, -0.2) is 48.2 Å². The molecule has 0 spiro atoms. The highest BCUT2D eigenvalue weighted by Crippen LogP contribution is 2.49. The second-order valence-electron chi connectivity index (χ2n) is 13.8. The van der Waals surface area contributed by atoms with Crippen molar-refractivity contribution >= 4 is 157 Å². The standard InChI is InChI=1S/C37H29N9S8/c1-15(2)14-46-18-6-20(16-12-39-32(34-30(16)41-53-43-34)26-8-22-24(47-26)10-28(38-3)49-22)51-36(18)37-19(46)7-21(52-37)17-13-40-33(35-31(17)42-54-44-35)27-9-23-25(48-27)11-29(50-23)45(4)5/h6-13,15,33,38,40H,14H2,1-5H3. The Bertz CT molecular complexity index is 3030. The molecule has 1 unspecified atom stereocenters. The Morgan fingerprint density at radius 3 is 2.28 bits per heavy atom. The van der Waals surface area contributed by atoms with E-state index < -0.39 is 0 Å². The molecule has 270 valence electrons. The summed E-state index contributed by atoms with van der Waals surface area (Å²) in [5.74, 6) is 0.482. The Hall–Kier alpha value is -3.81. The molecule has 9 nitrogen and oxygen atoms in total. The second kappa shape index (κ2) is 12.6. The van der Waals surface area contributed by atoms with Crippen LogP contribution < -0.4 is 15.5 Å². The summed E-state index contributed by atoms with van der Waals surface area (Å²) in [5, 5.41) is 9.44. The van der Waals surface area contributed by atoms with Crippen LogP contribution >= 0.6 is 91.5 Å². The molecule has 0 aliphatic carbocycles. The lowest BCUT2D eigenvalue weighted by Gasteiger charge is -2.21. The molecule has 11 heterocycles. The molecule has 0 saturated carbocycles. The quantitative estimate of drug-likeness (QED) is 0.156. The van der Waals surface area contributed by atoms with E-state index in [0.717, 1.165) is 55.6 Å². The first-order chi connectivity index (χ1) is 26.3. The van der Waals surface area contributed by atoms with Crippen molar-refractivity contribution in [3.05, 3.63) is 69.9 Å². The molecule has 0 radical (unpaired) electrons. The predicted molar refractivity (Wildman–Crippen MR) is 238 cm³/mol. The topological polar surface area (TPSA) is 96.7 Å². The van der Waals surface area contributed by atoms with E-state index in [1.54, 1.807) is 22.7 Å². The van der Waals surface area contributed by atoms with Gasteiger partial charge in [-0.15, -0.1) is 68.0 Å². The predicted octanol–water partition coefficient (Wildman–Crippen LogP) is 11.9. The summed E-state index contributed by atoms with van der Waals surface area (Å²) in [6.07, 6.45) is 4.17. The first kappa shape index (κ1) is 33.5. The van der Waals surface area contributed by atoms with Gasteiger partial charge < -0.3 is 20.1 Å². The summed E-state index contributed by atoms with van der Waals surface area (Å²) >= 11 is 13.4. The van der Waals surface area contributed by atoms with Gasteiger partial charge in [-0.3, -0.25) is 4.98 Å². The number of pyridine rings is 1. The van der Waals surface area contributed by atoms with Crippen molar-refractivity contribution in [2.75, 3.05) is 31.4 Å². The normalized spacial score (nSPS) is 14.7. The molecule has 11 rings (SSSR count). The van der Waals surface area contributed by atoms with Crippen molar-refractivity contribution < 1.29 is 0 Å². The van der Waals surface area contributed by atoms with Crippen LogP contribution in [0.5, 0.6) is 0 Å². The molecule has 10 aromatic heterocycles. The van der Waals surface area contributed by atoms with Gasteiger partial charge in [-0.05, 0) is 42.3 Å². The van der Waals surface area contributed by atoms with E-state index in [4.69, 9.17) is 22.5 Å². The van der Waals surface area contributed by atoms with E-state index in [-0.39, 0.29) is 6.04 Å². The maximum absolute atomic E-state index is 5.04. The average molecular weight is 856 g/mol. The van der Waals surface area contributed by atoms with Crippen molar-refractivity contribution in [2.24, 2.45) is 5.92 Å². The molecular weight excluding hydrogens is 827 g/mol. The lowest BCUT2D eigenvalue weighted by Crippen LogP contribution is -2.22. The summed E-state index contributed by atoms with van der Waals surface area (Å²) in [4.78, 5) is 12.0. The third kappa shape index (κ3) is 5.16. The number of thiophene rings is 6. The molecule has 10 aromatic rings. The zero-order chi connectivity index (χ0) is 36.4. The summed E-state index contributed by atoms with van der Waals surface area (Å²) in [7, 11) is 6.16. The van der Waals surface area contributed by atoms with E-state index in [0.29, 0.717) is 5.92 Å². The maximum atomic E-state index is 5.04. The van der Waals surface area contributed by atoms with Gasteiger partial charge in [-0.1, -0.05) is 13.8 Å². The highest BCUT2D eigenvalue weighted by Gasteiger charge is 2.31. The van der Waals surface area contributed by atoms with Gasteiger partial charge >= 0.3 is 0 Å². The second-order valence-corrected chi connectivity index (χ2v) is 21.4. The molecule has 0 fully saturated rings. The number of hydrogen-bond acceptors (Lipinski definition) is 16. The van der Waals surface area contributed by atoms with Gasteiger partial charge in [0.15, 0.2) is 0 Å². The number of hydrogen-bond donors (Lipinski definition) is 2. The fraction of sp³-hybridized carbons (Fsp3) is 0.216. The van der Waals surface area contributed by atoms with Gasteiger partial charge in [-0.25, -0.2) is 0 Å². The van der Waals surface area contributed by atoms with Crippen LogP contribution in [0.4, 0.5) is 10.0 Å². The highest BCUT2D eigenvalue weighted by molar-refractivity contribution is 7.32. The van der Waals surface area contributed by atoms with E-state index >= 15 is 0 Å². The van der Waals surface area contributed by atoms with Gasteiger partial charge in [0.2, 0.25) is 0 Å². The van der Waals surface area contributed by atoms with Crippen LogP contribution in [0, 0.1) is 5.92 Å². The summed E-state index contributed by atoms with van der Waals surface area (Å²) in [5.41, 5.74) is 9.36. The Morgan fingerprint density at radius 2 is 1.50 bits per heavy atom. The van der Waals surface area contributed by atoms with Crippen LogP contribution in [0.2, 0.25) is 0 Å². The SMILES string of the molecule is CNc1cc2sc(-c3ncc(-c4cc5c(s4)c4sc(C6=CNC(c7cc8sc(N(C)C)cc8s7)c7nsnc76)cc4n5CC(C)C)c4nsnc34)cc2s1. The summed E-state index contributed by atoms with van der Waals surface area (Å²) in [6, 6.07) is 13.7. The summed E-state index contributed by atoms with van der Waals surface area (Å²) in [6.45, 7) is 5.50. The van der Waals surface area contributed by atoms with Crippen molar-refractivity contribution in [3.8, 4) is 21.0 Å². The fourth-order valence-corrected chi connectivity index (χ4v) is 15.4. The third-order valence-corrected chi connectivity index (χ3v) is 18.0. The van der Waals surface area contributed by atoms with Gasteiger partial charge in [-0.2, -0.15) is 17.5 Å². The molecule has 17 heteroatoms. The average Bonchev–Trinajstić information content (AvgIpc) is 3.99. The minimum absolute atomic E-state index is 0.00899. The fourth-order valence-electron chi connectivity index (χ4n) is 7.15. The van der Waals surface area contributed by atoms with Crippen molar-refractivity contribution in [3.63, 3.8) is 0 Å². The number of nitrogens with one attached hydrogen (secondary N) is 2. The minimum Gasteiger partial charge on any atom is -0.380 e. The Kier molecular flexibility index (Phi) is 7.83. The van der Waals surface area contributed by atoms with E-state index in [1.807, 2.05) is 58.6 Å². The molecule has 0 aromatic carbocycles. The lowest BCUT2D eigenvalue weighted by molar-refractivity contribution is 0.545. The molecule has 54 heavy (non-hydrogen) atoms. The Labute approximate surface area is 341 Å². The Morgan fingerprint density at radius 1 is 0.759 bits per heavy atom. The van der Waals surface area contributed by atoms with E-state index in [9.17, 15) is 0 Å². The smallest absolute Gasteiger partial charge is 0.132 e. The van der Waals surface area contributed by atoms with Gasteiger partial charge in [0.05, 0.1) is 58.8 Å². The van der Waals surface area contributed by atoms with Crippen molar-refractivity contribution in [1.82, 2.24) is 32.4 Å².